The summed E-state index contributed by atoms with van der Waals surface area (Å²) in [6, 6.07) is 10.5. The van der Waals surface area contributed by atoms with Gasteiger partial charge < -0.3 is 9.80 Å². The zero-order chi connectivity index (χ0) is 22.0. The van der Waals surface area contributed by atoms with E-state index in [-0.39, 0.29) is 12.3 Å². The molecular formula is C21H21F3N6O. The Morgan fingerprint density at radius 2 is 1.71 bits per heavy atom. The number of aryl methyl sites for hydroxylation is 1. The minimum Gasteiger partial charge on any atom is -0.352 e. The molecule has 2 aromatic heterocycles. The molecule has 3 aromatic rings. The van der Waals surface area contributed by atoms with Gasteiger partial charge >= 0.3 is 6.18 Å². The second kappa shape index (κ2) is 8.37. The van der Waals surface area contributed by atoms with Gasteiger partial charge in [-0.05, 0) is 36.8 Å². The van der Waals surface area contributed by atoms with Crippen LogP contribution in [0.4, 0.5) is 19.0 Å². The first-order valence-electron chi connectivity index (χ1n) is 9.85. The van der Waals surface area contributed by atoms with Crippen LogP contribution in [0.25, 0.3) is 5.82 Å². The SMILES string of the molecule is Cc1ccn(-c2ccc(N3CCN(C(=O)Cc4cccc(C(F)(F)F)c4)CC3)nn2)n1. The predicted molar refractivity (Wildman–Crippen MR) is 108 cm³/mol. The first-order chi connectivity index (χ1) is 14.8. The monoisotopic (exact) mass is 430 g/mol. The molecule has 1 amide bonds. The molecule has 1 aliphatic rings. The average Bonchev–Trinajstić information content (AvgIpc) is 3.20. The van der Waals surface area contributed by atoms with E-state index in [0.29, 0.717) is 43.4 Å². The van der Waals surface area contributed by atoms with Crippen LogP contribution in [0.15, 0.2) is 48.7 Å². The first kappa shape index (κ1) is 20.8. The summed E-state index contributed by atoms with van der Waals surface area (Å²) in [7, 11) is 0. The van der Waals surface area contributed by atoms with Crippen LogP contribution in [0.1, 0.15) is 16.8 Å². The van der Waals surface area contributed by atoms with Crippen molar-refractivity contribution < 1.29 is 18.0 Å². The highest BCUT2D eigenvalue weighted by molar-refractivity contribution is 5.79. The van der Waals surface area contributed by atoms with Crippen molar-refractivity contribution >= 4 is 11.7 Å². The maximum Gasteiger partial charge on any atom is 0.416 e. The van der Waals surface area contributed by atoms with Crippen molar-refractivity contribution in [1.29, 1.82) is 0 Å². The number of anilines is 1. The zero-order valence-corrected chi connectivity index (χ0v) is 16.9. The molecule has 1 aliphatic heterocycles. The lowest BCUT2D eigenvalue weighted by Gasteiger charge is -2.35. The maximum absolute atomic E-state index is 12.9. The van der Waals surface area contributed by atoms with Gasteiger partial charge in [-0.3, -0.25) is 4.79 Å². The molecule has 162 valence electrons. The molecule has 0 aliphatic carbocycles. The van der Waals surface area contributed by atoms with E-state index in [1.165, 1.54) is 6.07 Å². The first-order valence-corrected chi connectivity index (χ1v) is 9.85. The molecule has 1 saturated heterocycles. The third kappa shape index (κ3) is 4.84. The Balaban J connectivity index is 1.34. The molecule has 0 saturated carbocycles. The highest BCUT2D eigenvalue weighted by Gasteiger charge is 2.30. The van der Waals surface area contributed by atoms with Crippen LogP contribution in [0.3, 0.4) is 0 Å². The maximum atomic E-state index is 12.9. The summed E-state index contributed by atoms with van der Waals surface area (Å²) in [4.78, 5) is 16.3. The normalized spacial score (nSPS) is 14.7. The summed E-state index contributed by atoms with van der Waals surface area (Å²) < 4.78 is 40.3. The summed E-state index contributed by atoms with van der Waals surface area (Å²) >= 11 is 0. The number of carbonyl (C=O) groups is 1. The van der Waals surface area contributed by atoms with Gasteiger partial charge in [0, 0.05) is 32.4 Å². The Kier molecular flexibility index (Phi) is 5.62. The van der Waals surface area contributed by atoms with Crippen LogP contribution < -0.4 is 4.90 Å². The Morgan fingerprint density at radius 1 is 1.00 bits per heavy atom. The van der Waals surface area contributed by atoms with Crippen LogP contribution in [0.2, 0.25) is 0 Å². The summed E-state index contributed by atoms with van der Waals surface area (Å²) in [6.07, 6.45) is -2.66. The number of alkyl halides is 3. The number of carbonyl (C=O) groups excluding carboxylic acids is 1. The van der Waals surface area contributed by atoms with E-state index >= 15 is 0 Å². The summed E-state index contributed by atoms with van der Waals surface area (Å²) in [5, 5.41) is 12.8. The molecule has 0 radical (unpaired) electrons. The Morgan fingerprint density at radius 3 is 2.32 bits per heavy atom. The van der Waals surface area contributed by atoms with Crippen LogP contribution in [-0.2, 0) is 17.4 Å². The van der Waals surface area contributed by atoms with Crippen LogP contribution in [-0.4, -0.2) is 57.0 Å². The Bertz CT molecular complexity index is 1060. The molecule has 1 fully saturated rings. The quantitative estimate of drug-likeness (QED) is 0.637. The van der Waals surface area contributed by atoms with E-state index in [4.69, 9.17) is 0 Å². The molecule has 7 nitrogen and oxygen atoms in total. The lowest BCUT2D eigenvalue weighted by atomic mass is 10.1. The number of hydrogen-bond acceptors (Lipinski definition) is 5. The molecular weight excluding hydrogens is 409 g/mol. The fourth-order valence-electron chi connectivity index (χ4n) is 3.48. The molecule has 0 unspecified atom stereocenters. The number of hydrogen-bond donors (Lipinski definition) is 0. The zero-order valence-electron chi connectivity index (χ0n) is 16.9. The molecule has 10 heteroatoms. The van der Waals surface area contributed by atoms with E-state index < -0.39 is 11.7 Å². The number of piperazine rings is 1. The number of amides is 1. The lowest BCUT2D eigenvalue weighted by Crippen LogP contribution is -2.49. The minimum absolute atomic E-state index is 0.0539. The third-order valence-corrected chi connectivity index (χ3v) is 5.16. The van der Waals surface area contributed by atoms with Crippen LogP contribution in [0, 0.1) is 6.92 Å². The second-order valence-electron chi connectivity index (χ2n) is 7.39. The number of benzene rings is 1. The van der Waals surface area contributed by atoms with Crippen molar-refractivity contribution in [2.24, 2.45) is 0 Å². The van der Waals surface area contributed by atoms with E-state index in [1.807, 2.05) is 36.2 Å². The third-order valence-electron chi connectivity index (χ3n) is 5.16. The summed E-state index contributed by atoms with van der Waals surface area (Å²) in [5.74, 6) is 1.14. The summed E-state index contributed by atoms with van der Waals surface area (Å²) in [5.41, 5.74) is 0.504. The molecule has 0 bridgehead atoms. The minimum atomic E-state index is -4.42. The molecule has 0 atom stereocenters. The smallest absolute Gasteiger partial charge is 0.352 e. The van der Waals surface area contributed by atoms with Crippen molar-refractivity contribution in [1.82, 2.24) is 24.9 Å². The van der Waals surface area contributed by atoms with Gasteiger partial charge in [-0.15, -0.1) is 10.2 Å². The van der Waals surface area contributed by atoms with Gasteiger partial charge in [-0.2, -0.15) is 18.3 Å². The number of aromatic nitrogens is 4. The molecule has 3 heterocycles. The van der Waals surface area contributed by atoms with Gasteiger partial charge in [-0.1, -0.05) is 18.2 Å². The molecule has 4 rings (SSSR count). The van der Waals surface area contributed by atoms with Crippen molar-refractivity contribution in [3.8, 4) is 5.82 Å². The standard InChI is InChI=1S/C21H21F3N6O/c1-15-7-8-30(27-15)19-6-5-18(25-26-19)28-9-11-29(12-10-28)20(31)14-16-3-2-4-17(13-16)21(22,23)24/h2-8,13H,9-12,14H2,1H3. The number of rotatable bonds is 4. The van der Waals surface area contributed by atoms with E-state index in [2.05, 4.69) is 15.3 Å². The van der Waals surface area contributed by atoms with Crippen molar-refractivity contribution in [2.75, 3.05) is 31.1 Å². The van der Waals surface area contributed by atoms with Gasteiger partial charge in [0.05, 0.1) is 17.7 Å². The van der Waals surface area contributed by atoms with Gasteiger partial charge in [0.25, 0.3) is 0 Å². The van der Waals surface area contributed by atoms with Gasteiger partial charge in [-0.25, -0.2) is 4.68 Å². The van der Waals surface area contributed by atoms with Crippen molar-refractivity contribution in [3.05, 3.63) is 65.5 Å². The Labute approximate surface area is 177 Å². The van der Waals surface area contributed by atoms with Gasteiger partial charge in [0.1, 0.15) is 0 Å². The van der Waals surface area contributed by atoms with Crippen molar-refractivity contribution in [3.63, 3.8) is 0 Å². The molecule has 1 aromatic carbocycles. The van der Waals surface area contributed by atoms with Crippen LogP contribution in [0.5, 0.6) is 0 Å². The number of nitrogens with zero attached hydrogens (tertiary/aromatic N) is 6. The topological polar surface area (TPSA) is 67.2 Å². The van der Waals surface area contributed by atoms with Gasteiger partial charge in [0.2, 0.25) is 5.91 Å². The fraction of sp³-hybridized carbons (Fsp3) is 0.333. The average molecular weight is 430 g/mol. The van der Waals surface area contributed by atoms with Crippen molar-refractivity contribution in [2.45, 2.75) is 19.5 Å². The van der Waals surface area contributed by atoms with E-state index in [1.54, 1.807) is 15.6 Å². The highest BCUT2D eigenvalue weighted by Crippen LogP contribution is 2.29. The fourth-order valence-corrected chi connectivity index (χ4v) is 3.48. The van der Waals surface area contributed by atoms with Crippen LogP contribution >= 0.6 is 0 Å². The molecule has 0 spiro atoms. The van der Waals surface area contributed by atoms with Gasteiger partial charge in [0.15, 0.2) is 11.6 Å². The Hall–Kier alpha value is -3.43. The van der Waals surface area contributed by atoms with E-state index in [0.717, 1.165) is 17.8 Å². The van der Waals surface area contributed by atoms with E-state index in [9.17, 15) is 18.0 Å². The second-order valence-corrected chi connectivity index (χ2v) is 7.39. The molecule has 0 N–H and O–H groups in total. The molecule has 31 heavy (non-hydrogen) atoms. The largest absolute Gasteiger partial charge is 0.416 e. The highest BCUT2D eigenvalue weighted by atomic mass is 19.4. The summed E-state index contributed by atoms with van der Waals surface area (Å²) in [6.45, 7) is 3.98. The lowest BCUT2D eigenvalue weighted by molar-refractivity contribution is -0.138. The predicted octanol–water partition coefficient (Wildman–Crippen LogP) is 2.88. The number of halogens is 3.